The van der Waals surface area contributed by atoms with Gasteiger partial charge in [-0.1, -0.05) is 36.4 Å². The molecule has 0 aliphatic heterocycles. The average molecular weight is 298 g/mol. The van der Waals surface area contributed by atoms with Gasteiger partial charge in [0.05, 0.1) is 4.90 Å². The highest BCUT2D eigenvalue weighted by atomic mass is 35.5. The molecule has 0 aliphatic rings. The number of fused-ring (bicyclic) bond motifs is 1. The Morgan fingerprint density at radius 2 is 1.74 bits per heavy atom. The zero-order valence-electron chi connectivity index (χ0n) is 10.9. The van der Waals surface area contributed by atoms with E-state index in [9.17, 15) is 8.42 Å². The second-order valence-corrected chi connectivity index (χ2v) is 7.02. The van der Waals surface area contributed by atoms with Crippen LogP contribution in [0.3, 0.4) is 0 Å². The molecular formula is C14H16ClNO2S. The van der Waals surface area contributed by atoms with Gasteiger partial charge < -0.3 is 0 Å². The minimum absolute atomic E-state index is 0.205. The molecule has 0 amide bonds. The van der Waals surface area contributed by atoms with Gasteiger partial charge in [0, 0.05) is 16.8 Å². The lowest BCUT2D eigenvalue weighted by molar-refractivity contribution is 0.496. The number of hydrogen-bond acceptors (Lipinski definition) is 2. The molecule has 2 rings (SSSR count). The maximum atomic E-state index is 12.5. The van der Waals surface area contributed by atoms with Crippen molar-refractivity contribution in [3.8, 4) is 0 Å². The van der Waals surface area contributed by atoms with Gasteiger partial charge >= 0.3 is 0 Å². The van der Waals surface area contributed by atoms with Gasteiger partial charge in [-0.2, -0.15) is 0 Å². The molecule has 0 radical (unpaired) electrons. The lowest BCUT2D eigenvalue weighted by Gasteiger charge is -2.23. The lowest BCUT2D eigenvalue weighted by Crippen LogP contribution is -2.44. The van der Waals surface area contributed by atoms with E-state index in [-0.39, 0.29) is 10.8 Å². The fraction of sp³-hybridized carbons (Fsp3) is 0.286. The smallest absolute Gasteiger partial charge is 0.207 e. The monoisotopic (exact) mass is 297 g/mol. The number of alkyl halides is 1. The van der Waals surface area contributed by atoms with Gasteiger partial charge in [0.25, 0.3) is 0 Å². The Bertz CT molecular complexity index is 690. The quantitative estimate of drug-likeness (QED) is 0.881. The third kappa shape index (κ3) is 3.08. The van der Waals surface area contributed by atoms with Crippen LogP contribution in [-0.4, -0.2) is 19.8 Å². The third-order valence-electron chi connectivity index (χ3n) is 2.78. The van der Waals surface area contributed by atoms with Gasteiger partial charge in [-0.25, -0.2) is 13.1 Å². The van der Waals surface area contributed by atoms with Gasteiger partial charge in [0.1, 0.15) is 0 Å². The van der Waals surface area contributed by atoms with Crippen LogP contribution in [-0.2, 0) is 10.0 Å². The van der Waals surface area contributed by atoms with Crippen molar-refractivity contribution >= 4 is 32.4 Å². The Labute approximate surface area is 118 Å². The summed E-state index contributed by atoms with van der Waals surface area (Å²) in [5, 5.41) is 1.61. The van der Waals surface area contributed by atoms with E-state index < -0.39 is 15.6 Å². The Balaban J connectivity index is 2.55. The van der Waals surface area contributed by atoms with Crippen molar-refractivity contribution in [3.05, 3.63) is 42.5 Å². The molecule has 0 aliphatic carbocycles. The summed E-state index contributed by atoms with van der Waals surface area (Å²) < 4.78 is 27.5. The van der Waals surface area contributed by atoms with E-state index in [1.165, 1.54) is 0 Å². The van der Waals surface area contributed by atoms with Crippen molar-refractivity contribution in [2.24, 2.45) is 0 Å². The van der Waals surface area contributed by atoms with Crippen LogP contribution in [0.4, 0.5) is 0 Å². The SMILES string of the molecule is CC(C)(CCl)NS(=O)(=O)c1cccc2ccccc12. The molecule has 0 fully saturated rings. The van der Waals surface area contributed by atoms with Crippen molar-refractivity contribution in [1.82, 2.24) is 4.72 Å². The van der Waals surface area contributed by atoms with Gasteiger partial charge in [-0.3, -0.25) is 0 Å². The number of rotatable bonds is 4. The van der Waals surface area contributed by atoms with Gasteiger partial charge in [-0.15, -0.1) is 11.6 Å². The summed E-state index contributed by atoms with van der Waals surface area (Å²) in [7, 11) is -3.59. The Morgan fingerprint density at radius 1 is 1.11 bits per heavy atom. The summed E-state index contributed by atoms with van der Waals surface area (Å²) in [5.41, 5.74) is -0.683. The van der Waals surface area contributed by atoms with Crippen LogP contribution in [0, 0.1) is 0 Å². The van der Waals surface area contributed by atoms with E-state index in [1.54, 1.807) is 32.0 Å². The summed E-state index contributed by atoms with van der Waals surface area (Å²) in [4.78, 5) is 0.281. The van der Waals surface area contributed by atoms with E-state index in [0.29, 0.717) is 5.39 Å². The minimum Gasteiger partial charge on any atom is -0.207 e. The van der Waals surface area contributed by atoms with Crippen molar-refractivity contribution in [2.75, 3.05) is 5.88 Å². The van der Waals surface area contributed by atoms with Crippen molar-refractivity contribution in [1.29, 1.82) is 0 Å². The van der Waals surface area contributed by atoms with Crippen LogP contribution < -0.4 is 4.72 Å². The molecule has 0 aromatic heterocycles. The van der Waals surface area contributed by atoms with E-state index in [0.717, 1.165) is 5.39 Å². The first-order valence-electron chi connectivity index (χ1n) is 5.93. The van der Waals surface area contributed by atoms with Crippen LogP contribution in [0.5, 0.6) is 0 Å². The Kier molecular flexibility index (Phi) is 3.85. The standard InChI is InChI=1S/C14H16ClNO2S/c1-14(2,10-15)16-19(17,18)13-9-5-7-11-6-3-4-8-12(11)13/h3-9,16H,10H2,1-2H3. The zero-order valence-corrected chi connectivity index (χ0v) is 12.4. The lowest BCUT2D eigenvalue weighted by atomic mass is 10.1. The average Bonchev–Trinajstić information content (AvgIpc) is 2.37. The van der Waals surface area contributed by atoms with E-state index >= 15 is 0 Å². The molecule has 0 heterocycles. The fourth-order valence-corrected chi connectivity index (χ4v) is 3.66. The highest BCUT2D eigenvalue weighted by Gasteiger charge is 2.26. The van der Waals surface area contributed by atoms with Crippen molar-refractivity contribution in [2.45, 2.75) is 24.3 Å². The van der Waals surface area contributed by atoms with E-state index in [2.05, 4.69) is 4.72 Å². The minimum atomic E-state index is -3.59. The largest absolute Gasteiger partial charge is 0.241 e. The highest BCUT2D eigenvalue weighted by molar-refractivity contribution is 7.89. The molecule has 0 saturated heterocycles. The number of benzene rings is 2. The molecule has 2 aromatic rings. The second kappa shape index (κ2) is 5.12. The number of nitrogens with one attached hydrogen (secondary N) is 1. The Hall–Kier alpha value is -1.10. The molecule has 5 heteroatoms. The summed E-state index contributed by atoms with van der Waals surface area (Å²) in [5.74, 6) is 0.205. The molecule has 0 atom stereocenters. The molecule has 0 unspecified atom stereocenters. The number of halogens is 1. The van der Waals surface area contributed by atoms with Crippen LogP contribution in [0.15, 0.2) is 47.4 Å². The molecule has 102 valence electrons. The van der Waals surface area contributed by atoms with Gasteiger partial charge in [-0.05, 0) is 25.3 Å². The molecule has 1 N–H and O–H groups in total. The molecular weight excluding hydrogens is 282 g/mol. The topological polar surface area (TPSA) is 46.2 Å². The van der Waals surface area contributed by atoms with Gasteiger partial charge in [0.15, 0.2) is 0 Å². The highest BCUT2D eigenvalue weighted by Crippen LogP contribution is 2.23. The van der Waals surface area contributed by atoms with Crippen molar-refractivity contribution < 1.29 is 8.42 Å². The first-order valence-corrected chi connectivity index (χ1v) is 7.95. The van der Waals surface area contributed by atoms with Gasteiger partial charge in [0.2, 0.25) is 10.0 Å². The molecule has 0 spiro atoms. The van der Waals surface area contributed by atoms with Crippen LogP contribution in [0.1, 0.15) is 13.8 Å². The first kappa shape index (κ1) is 14.3. The van der Waals surface area contributed by atoms with Crippen LogP contribution >= 0.6 is 11.6 Å². The predicted molar refractivity (Wildman–Crippen MR) is 79.1 cm³/mol. The maximum absolute atomic E-state index is 12.5. The van der Waals surface area contributed by atoms with Crippen molar-refractivity contribution in [3.63, 3.8) is 0 Å². The normalized spacial score (nSPS) is 12.8. The fourth-order valence-electron chi connectivity index (χ4n) is 1.88. The van der Waals surface area contributed by atoms with E-state index in [1.807, 2.05) is 24.3 Å². The van der Waals surface area contributed by atoms with Crippen LogP contribution in [0.25, 0.3) is 10.8 Å². The third-order valence-corrected chi connectivity index (χ3v) is 5.21. The van der Waals surface area contributed by atoms with Crippen LogP contribution in [0.2, 0.25) is 0 Å². The molecule has 3 nitrogen and oxygen atoms in total. The predicted octanol–water partition coefficient (Wildman–Crippen LogP) is 3.14. The molecule has 0 bridgehead atoms. The Morgan fingerprint density at radius 3 is 2.42 bits per heavy atom. The number of sulfonamides is 1. The summed E-state index contributed by atoms with van der Waals surface area (Å²) in [6.45, 7) is 3.51. The van der Waals surface area contributed by atoms with E-state index in [4.69, 9.17) is 11.6 Å². The zero-order chi connectivity index (χ0) is 14.1. The number of hydrogen-bond donors (Lipinski definition) is 1. The molecule has 19 heavy (non-hydrogen) atoms. The first-order chi connectivity index (χ1) is 8.86. The maximum Gasteiger partial charge on any atom is 0.241 e. The summed E-state index contributed by atoms with van der Waals surface area (Å²) in [6.07, 6.45) is 0. The summed E-state index contributed by atoms with van der Waals surface area (Å²) >= 11 is 5.78. The molecule has 2 aromatic carbocycles. The molecule has 0 saturated carbocycles. The second-order valence-electron chi connectivity index (χ2n) is 5.10. The summed E-state index contributed by atoms with van der Waals surface area (Å²) in [6, 6.07) is 12.6.